The third-order valence-electron chi connectivity index (χ3n) is 4.57. The summed E-state index contributed by atoms with van der Waals surface area (Å²) in [4.78, 5) is 22.0. The molecule has 0 spiro atoms. The molecular formula is C21H25N3OS2. The van der Waals surface area contributed by atoms with Crippen LogP contribution < -0.4 is 5.32 Å². The van der Waals surface area contributed by atoms with Crippen molar-refractivity contribution in [3.05, 3.63) is 63.4 Å². The van der Waals surface area contributed by atoms with E-state index in [4.69, 9.17) is 0 Å². The zero-order valence-corrected chi connectivity index (χ0v) is 17.6. The molecule has 1 atom stereocenters. The second-order valence-corrected chi connectivity index (χ2v) is 8.42. The molecule has 27 heavy (non-hydrogen) atoms. The Balaban J connectivity index is 1.79. The summed E-state index contributed by atoms with van der Waals surface area (Å²) < 4.78 is 0. The van der Waals surface area contributed by atoms with Gasteiger partial charge in [0.05, 0.1) is 15.9 Å². The van der Waals surface area contributed by atoms with Gasteiger partial charge in [-0.2, -0.15) is 0 Å². The summed E-state index contributed by atoms with van der Waals surface area (Å²) in [6.45, 7) is 8.72. The first-order valence-electron chi connectivity index (χ1n) is 9.22. The molecule has 0 aliphatic carbocycles. The lowest BCUT2D eigenvalue weighted by Crippen LogP contribution is -2.37. The normalized spacial score (nSPS) is 12.3. The molecule has 3 rings (SSSR count). The number of carbonyl (C=O) groups excluding carboxylic acids is 1. The van der Waals surface area contributed by atoms with Crippen LogP contribution in [0, 0.1) is 6.92 Å². The van der Waals surface area contributed by atoms with Gasteiger partial charge < -0.3 is 5.32 Å². The summed E-state index contributed by atoms with van der Waals surface area (Å²) in [5.41, 5.74) is 1.56. The minimum Gasteiger partial charge on any atom is -0.349 e. The number of hydrogen-bond acceptors (Lipinski definition) is 5. The predicted molar refractivity (Wildman–Crippen MR) is 115 cm³/mol. The van der Waals surface area contributed by atoms with E-state index in [2.05, 4.69) is 46.6 Å². The molecule has 3 aromatic rings. The number of rotatable bonds is 8. The van der Waals surface area contributed by atoms with Gasteiger partial charge >= 0.3 is 0 Å². The highest BCUT2D eigenvalue weighted by atomic mass is 32.1. The van der Waals surface area contributed by atoms with E-state index < -0.39 is 0 Å². The van der Waals surface area contributed by atoms with Crippen LogP contribution in [0.4, 0.5) is 0 Å². The SMILES string of the molecule is CCN(CC)C(CNC(=O)c1nc(C)sc1-c1ccccc1)c1cccs1. The van der Waals surface area contributed by atoms with Gasteiger partial charge in [0.1, 0.15) is 5.69 Å². The molecule has 142 valence electrons. The maximum Gasteiger partial charge on any atom is 0.271 e. The van der Waals surface area contributed by atoms with Crippen LogP contribution in [0.25, 0.3) is 10.4 Å². The quantitative estimate of drug-likeness (QED) is 0.580. The van der Waals surface area contributed by atoms with E-state index in [1.807, 2.05) is 37.3 Å². The molecular weight excluding hydrogens is 374 g/mol. The average molecular weight is 400 g/mol. The highest BCUT2D eigenvalue weighted by molar-refractivity contribution is 7.15. The summed E-state index contributed by atoms with van der Waals surface area (Å²) in [7, 11) is 0. The van der Waals surface area contributed by atoms with Gasteiger partial charge in [-0.05, 0) is 37.0 Å². The van der Waals surface area contributed by atoms with Gasteiger partial charge in [0, 0.05) is 11.4 Å². The molecule has 2 heterocycles. The van der Waals surface area contributed by atoms with Crippen LogP contribution in [0.5, 0.6) is 0 Å². The van der Waals surface area contributed by atoms with Crippen molar-refractivity contribution >= 4 is 28.6 Å². The molecule has 2 aromatic heterocycles. The Kier molecular flexibility index (Phi) is 6.77. The van der Waals surface area contributed by atoms with Crippen molar-refractivity contribution in [2.24, 2.45) is 0 Å². The third-order valence-corrected chi connectivity index (χ3v) is 6.56. The number of carbonyl (C=O) groups is 1. The van der Waals surface area contributed by atoms with Crippen molar-refractivity contribution in [2.45, 2.75) is 26.8 Å². The Morgan fingerprint density at radius 2 is 1.89 bits per heavy atom. The van der Waals surface area contributed by atoms with E-state index in [9.17, 15) is 4.79 Å². The summed E-state index contributed by atoms with van der Waals surface area (Å²) in [6, 6.07) is 14.4. The van der Waals surface area contributed by atoms with Gasteiger partial charge in [0.25, 0.3) is 5.91 Å². The zero-order valence-electron chi connectivity index (χ0n) is 15.9. The molecule has 6 heteroatoms. The van der Waals surface area contributed by atoms with Crippen molar-refractivity contribution < 1.29 is 4.79 Å². The number of aryl methyl sites for hydroxylation is 1. The number of hydrogen-bond donors (Lipinski definition) is 1. The summed E-state index contributed by atoms with van der Waals surface area (Å²) in [5.74, 6) is -0.105. The summed E-state index contributed by atoms with van der Waals surface area (Å²) >= 11 is 3.30. The van der Waals surface area contributed by atoms with Crippen LogP contribution >= 0.6 is 22.7 Å². The Bertz CT molecular complexity index is 855. The molecule has 0 saturated heterocycles. The van der Waals surface area contributed by atoms with Crippen molar-refractivity contribution in [3.63, 3.8) is 0 Å². The lowest BCUT2D eigenvalue weighted by Gasteiger charge is -2.29. The van der Waals surface area contributed by atoms with E-state index in [1.165, 1.54) is 4.88 Å². The second-order valence-electron chi connectivity index (χ2n) is 6.24. The molecule has 1 aromatic carbocycles. The third kappa shape index (κ3) is 4.64. The van der Waals surface area contributed by atoms with E-state index in [0.717, 1.165) is 28.5 Å². The molecule has 0 aliphatic rings. The highest BCUT2D eigenvalue weighted by Gasteiger charge is 2.23. The Morgan fingerprint density at radius 1 is 1.15 bits per heavy atom. The number of aromatic nitrogens is 1. The molecule has 1 amide bonds. The smallest absolute Gasteiger partial charge is 0.271 e. The zero-order chi connectivity index (χ0) is 19.2. The van der Waals surface area contributed by atoms with Crippen LogP contribution in [0.1, 0.15) is 40.3 Å². The minimum atomic E-state index is -0.105. The molecule has 0 fully saturated rings. The fraction of sp³-hybridized carbons (Fsp3) is 0.333. The summed E-state index contributed by atoms with van der Waals surface area (Å²) in [5, 5.41) is 6.12. The maximum atomic E-state index is 12.9. The second kappa shape index (κ2) is 9.26. The number of thiazole rings is 1. The van der Waals surface area contributed by atoms with Crippen LogP contribution in [0.3, 0.4) is 0 Å². The van der Waals surface area contributed by atoms with E-state index in [-0.39, 0.29) is 11.9 Å². The molecule has 0 aliphatic heterocycles. The van der Waals surface area contributed by atoms with E-state index in [1.54, 1.807) is 22.7 Å². The Hall–Kier alpha value is -2.02. The monoisotopic (exact) mass is 399 g/mol. The number of benzene rings is 1. The number of thiophene rings is 1. The number of amides is 1. The molecule has 0 saturated carbocycles. The van der Waals surface area contributed by atoms with Crippen molar-refractivity contribution in [1.29, 1.82) is 0 Å². The van der Waals surface area contributed by atoms with Crippen molar-refractivity contribution in [3.8, 4) is 10.4 Å². The van der Waals surface area contributed by atoms with Crippen molar-refractivity contribution in [2.75, 3.05) is 19.6 Å². The van der Waals surface area contributed by atoms with Gasteiger partial charge in [-0.1, -0.05) is 50.2 Å². The minimum absolute atomic E-state index is 0.105. The number of nitrogens with zero attached hydrogens (tertiary/aromatic N) is 2. The molecule has 1 unspecified atom stereocenters. The number of nitrogens with one attached hydrogen (secondary N) is 1. The van der Waals surface area contributed by atoms with Gasteiger partial charge in [-0.3, -0.25) is 9.69 Å². The van der Waals surface area contributed by atoms with E-state index in [0.29, 0.717) is 12.2 Å². The molecule has 0 bridgehead atoms. The fourth-order valence-electron chi connectivity index (χ4n) is 3.19. The predicted octanol–water partition coefficient (Wildman–Crippen LogP) is 4.99. The topological polar surface area (TPSA) is 45.2 Å². The average Bonchev–Trinajstić information content (AvgIpc) is 3.35. The summed E-state index contributed by atoms with van der Waals surface area (Å²) in [6.07, 6.45) is 0. The Morgan fingerprint density at radius 3 is 2.52 bits per heavy atom. The largest absolute Gasteiger partial charge is 0.349 e. The standard InChI is InChI=1S/C21H25N3OS2/c1-4-24(5-2)17(18-12-9-13-26-18)14-22-21(25)19-20(27-15(3)23-19)16-10-7-6-8-11-16/h6-13,17H,4-5,14H2,1-3H3,(H,22,25). The van der Waals surface area contributed by atoms with Gasteiger partial charge in [0.15, 0.2) is 0 Å². The highest BCUT2D eigenvalue weighted by Crippen LogP contribution is 2.30. The first-order chi connectivity index (χ1) is 13.1. The first-order valence-corrected chi connectivity index (χ1v) is 10.9. The molecule has 1 N–H and O–H groups in total. The Labute approximate surface area is 168 Å². The van der Waals surface area contributed by atoms with Gasteiger partial charge in [-0.25, -0.2) is 4.98 Å². The van der Waals surface area contributed by atoms with Crippen LogP contribution in [-0.4, -0.2) is 35.4 Å². The van der Waals surface area contributed by atoms with Crippen LogP contribution in [0.15, 0.2) is 47.8 Å². The van der Waals surface area contributed by atoms with Crippen LogP contribution in [-0.2, 0) is 0 Å². The van der Waals surface area contributed by atoms with Crippen molar-refractivity contribution in [1.82, 2.24) is 15.2 Å². The van der Waals surface area contributed by atoms with Crippen LogP contribution in [0.2, 0.25) is 0 Å². The fourth-order valence-corrected chi connectivity index (χ4v) is 4.98. The molecule has 0 radical (unpaired) electrons. The van der Waals surface area contributed by atoms with Gasteiger partial charge in [0.2, 0.25) is 0 Å². The van der Waals surface area contributed by atoms with Gasteiger partial charge in [-0.15, -0.1) is 22.7 Å². The maximum absolute atomic E-state index is 12.9. The molecule has 4 nitrogen and oxygen atoms in total. The lowest BCUT2D eigenvalue weighted by molar-refractivity contribution is 0.0932. The number of likely N-dealkylation sites (N-methyl/N-ethyl adjacent to an activating group) is 1. The lowest BCUT2D eigenvalue weighted by atomic mass is 10.1. The first kappa shape index (κ1) is 19.7. The van der Waals surface area contributed by atoms with E-state index >= 15 is 0 Å².